The Morgan fingerprint density at radius 3 is 2.40 bits per heavy atom. The minimum absolute atomic E-state index is 0.285. The third-order valence-corrected chi connectivity index (χ3v) is 3.19. The summed E-state index contributed by atoms with van der Waals surface area (Å²) in [5.41, 5.74) is 2.59. The summed E-state index contributed by atoms with van der Waals surface area (Å²) in [5, 5.41) is 9.21. The molecule has 0 atom stereocenters. The molecule has 0 radical (unpaired) electrons. The first-order valence-corrected chi connectivity index (χ1v) is 6.13. The highest BCUT2D eigenvalue weighted by Gasteiger charge is 2.12. The SMILES string of the molecule is COc1ccc(OC)c(-c2ccc(C)c(C(=O)O)c2)c1. The van der Waals surface area contributed by atoms with Gasteiger partial charge in [-0.05, 0) is 42.3 Å². The fourth-order valence-corrected chi connectivity index (χ4v) is 2.06. The maximum Gasteiger partial charge on any atom is 0.335 e. The van der Waals surface area contributed by atoms with Crippen molar-refractivity contribution in [2.75, 3.05) is 14.2 Å². The fourth-order valence-electron chi connectivity index (χ4n) is 2.06. The van der Waals surface area contributed by atoms with Crippen LogP contribution in [0.2, 0.25) is 0 Å². The molecule has 0 amide bonds. The van der Waals surface area contributed by atoms with E-state index in [9.17, 15) is 9.90 Å². The van der Waals surface area contributed by atoms with Crippen molar-refractivity contribution in [2.24, 2.45) is 0 Å². The van der Waals surface area contributed by atoms with Crippen LogP contribution in [0.15, 0.2) is 36.4 Å². The number of ether oxygens (including phenoxy) is 2. The predicted octanol–water partition coefficient (Wildman–Crippen LogP) is 3.38. The molecule has 0 spiro atoms. The molecule has 0 aliphatic carbocycles. The summed E-state index contributed by atoms with van der Waals surface area (Å²) in [6.45, 7) is 1.77. The lowest BCUT2D eigenvalue weighted by molar-refractivity contribution is 0.0696. The molecule has 4 nitrogen and oxygen atoms in total. The number of carboxylic acid groups (broad SMARTS) is 1. The molecule has 0 saturated heterocycles. The lowest BCUT2D eigenvalue weighted by atomic mass is 9.99. The average molecular weight is 272 g/mol. The fraction of sp³-hybridized carbons (Fsp3) is 0.188. The zero-order chi connectivity index (χ0) is 14.7. The molecule has 2 aromatic rings. The van der Waals surface area contributed by atoms with Crippen LogP contribution >= 0.6 is 0 Å². The first-order valence-electron chi connectivity index (χ1n) is 6.13. The number of aryl methyl sites for hydroxylation is 1. The van der Waals surface area contributed by atoms with Gasteiger partial charge in [-0.2, -0.15) is 0 Å². The summed E-state index contributed by atoms with van der Waals surface area (Å²) in [5.74, 6) is 0.426. The van der Waals surface area contributed by atoms with E-state index in [2.05, 4.69) is 0 Å². The molecule has 1 N–H and O–H groups in total. The van der Waals surface area contributed by atoms with Crippen LogP contribution in [0.3, 0.4) is 0 Å². The van der Waals surface area contributed by atoms with Gasteiger partial charge in [-0.3, -0.25) is 0 Å². The molecule has 104 valence electrons. The Labute approximate surface area is 117 Å². The quantitative estimate of drug-likeness (QED) is 0.927. The van der Waals surface area contributed by atoms with Crippen LogP contribution < -0.4 is 9.47 Å². The molecule has 0 heterocycles. The minimum Gasteiger partial charge on any atom is -0.497 e. The number of hydrogen-bond acceptors (Lipinski definition) is 3. The molecule has 0 aliphatic heterocycles. The summed E-state index contributed by atoms with van der Waals surface area (Å²) >= 11 is 0. The second kappa shape index (κ2) is 5.65. The van der Waals surface area contributed by atoms with E-state index in [1.807, 2.05) is 12.1 Å². The van der Waals surface area contributed by atoms with Crippen molar-refractivity contribution in [3.8, 4) is 22.6 Å². The van der Waals surface area contributed by atoms with E-state index >= 15 is 0 Å². The number of rotatable bonds is 4. The van der Waals surface area contributed by atoms with Crippen LogP contribution in [0.5, 0.6) is 11.5 Å². The van der Waals surface area contributed by atoms with Gasteiger partial charge in [0.15, 0.2) is 0 Å². The molecule has 2 rings (SSSR count). The van der Waals surface area contributed by atoms with Gasteiger partial charge in [0, 0.05) is 5.56 Å². The Hall–Kier alpha value is -2.49. The van der Waals surface area contributed by atoms with Crippen LogP contribution in [0, 0.1) is 6.92 Å². The summed E-state index contributed by atoms with van der Waals surface area (Å²) in [7, 11) is 3.17. The zero-order valence-corrected chi connectivity index (χ0v) is 11.6. The maximum absolute atomic E-state index is 11.2. The highest BCUT2D eigenvalue weighted by molar-refractivity contribution is 5.91. The number of methoxy groups -OCH3 is 2. The second-order valence-electron chi connectivity index (χ2n) is 4.40. The van der Waals surface area contributed by atoms with Gasteiger partial charge in [-0.25, -0.2) is 4.79 Å². The van der Waals surface area contributed by atoms with Gasteiger partial charge >= 0.3 is 5.97 Å². The molecule has 0 aliphatic rings. The Morgan fingerprint density at radius 2 is 1.80 bits per heavy atom. The topological polar surface area (TPSA) is 55.8 Å². The number of hydrogen-bond donors (Lipinski definition) is 1. The Bertz CT molecular complexity index is 647. The van der Waals surface area contributed by atoms with E-state index in [4.69, 9.17) is 9.47 Å². The van der Waals surface area contributed by atoms with Crippen molar-refractivity contribution < 1.29 is 19.4 Å². The lowest BCUT2D eigenvalue weighted by Crippen LogP contribution is -2.00. The van der Waals surface area contributed by atoms with Crippen molar-refractivity contribution in [2.45, 2.75) is 6.92 Å². The molecule has 4 heteroatoms. The van der Waals surface area contributed by atoms with E-state index in [0.29, 0.717) is 11.5 Å². The lowest BCUT2D eigenvalue weighted by Gasteiger charge is -2.12. The van der Waals surface area contributed by atoms with Crippen molar-refractivity contribution in [1.29, 1.82) is 0 Å². The zero-order valence-electron chi connectivity index (χ0n) is 11.6. The molecule has 2 aromatic carbocycles. The summed E-state index contributed by atoms with van der Waals surface area (Å²) in [4.78, 5) is 11.2. The number of benzene rings is 2. The van der Waals surface area contributed by atoms with Crippen LogP contribution in [-0.2, 0) is 0 Å². The van der Waals surface area contributed by atoms with Gasteiger partial charge in [-0.1, -0.05) is 12.1 Å². The minimum atomic E-state index is -0.939. The first-order chi connectivity index (χ1) is 9.56. The van der Waals surface area contributed by atoms with Gasteiger partial charge in [0.25, 0.3) is 0 Å². The van der Waals surface area contributed by atoms with Crippen molar-refractivity contribution in [3.63, 3.8) is 0 Å². The van der Waals surface area contributed by atoms with Gasteiger partial charge in [0.05, 0.1) is 19.8 Å². The monoisotopic (exact) mass is 272 g/mol. The highest BCUT2D eigenvalue weighted by atomic mass is 16.5. The van der Waals surface area contributed by atoms with Crippen LogP contribution in [0.1, 0.15) is 15.9 Å². The first kappa shape index (κ1) is 13.9. The van der Waals surface area contributed by atoms with E-state index in [1.165, 1.54) is 0 Å². The van der Waals surface area contributed by atoms with Crippen molar-refractivity contribution >= 4 is 5.97 Å². The largest absolute Gasteiger partial charge is 0.497 e. The van der Waals surface area contributed by atoms with Gasteiger partial charge in [0.1, 0.15) is 11.5 Å². The molecule has 0 fully saturated rings. The summed E-state index contributed by atoms with van der Waals surface area (Å²) in [6.07, 6.45) is 0. The second-order valence-corrected chi connectivity index (χ2v) is 4.40. The molecule has 0 unspecified atom stereocenters. The van der Waals surface area contributed by atoms with Gasteiger partial charge in [0.2, 0.25) is 0 Å². The molecular weight excluding hydrogens is 256 g/mol. The van der Waals surface area contributed by atoms with Crippen molar-refractivity contribution in [3.05, 3.63) is 47.5 Å². The van der Waals surface area contributed by atoms with Gasteiger partial charge in [-0.15, -0.1) is 0 Å². The van der Waals surface area contributed by atoms with E-state index in [0.717, 1.165) is 16.7 Å². The molecule has 0 saturated carbocycles. The Morgan fingerprint density at radius 1 is 1.05 bits per heavy atom. The number of aromatic carboxylic acids is 1. The molecule has 0 aromatic heterocycles. The van der Waals surface area contributed by atoms with Crippen molar-refractivity contribution in [1.82, 2.24) is 0 Å². The average Bonchev–Trinajstić information content (AvgIpc) is 2.46. The summed E-state index contributed by atoms with van der Waals surface area (Å²) < 4.78 is 10.5. The predicted molar refractivity (Wildman–Crippen MR) is 76.7 cm³/mol. The highest BCUT2D eigenvalue weighted by Crippen LogP contribution is 2.34. The molecule has 0 bridgehead atoms. The third kappa shape index (κ3) is 2.59. The Kier molecular flexibility index (Phi) is 3.94. The van der Waals surface area contributed by atoms with E-state index in [-0.39, 0.29) is 5.56 Å². The summed E-state index contributed by atoms with van der Waals surface area (Å²) in [6, 6.07) is 10.7. The molecular formula is C16H16O4. The standard InChI is InChI=1S/C16H16O4/c1-10-4-5-11(8-13(10)16(17)18)14-9-12(19-2)6-7-15(14)20-3/h4-9H,1-3H3,(H,17,18). The smallest absolute Gasteiger partial charge is 0.335 e. The Balaban J connectivity index is 2.61. The van der Waals surface area contributed by atoms with Crippen LogP contribution in [-0.4, -0.2) is 25.3 Å². The number of carboxylic acids is 1. The number of carbonyl (C=O) groups is 1. The normalized spacial score (nSPS) is 10.2. The van der Waals surface area contributed by atoms with Gasteiger partial charge < -0.3 is 14.6 Å². The van der Waals surface area contributed by atoms with Crippen LogP contribution in [0.4, 0.5) is 0 Å². The van der Waals surface area contributed by atoms with E-state index < -0.39 is 5.97 Å². The van der Waals surface area contributed by atoms with Crippen LogP contribution in [0.25, 0.3) is 11.1 Å². The van der Waals surface area contributed by atoms with E-state index in [1.54, 1.807) is 45.4 Å². The maximum atomic E-state index is 11.2. The third-order valence-electron chi connectivity index (χ3n) is 3.19. The molecule has 20 heavy (non-hydrogen) atoms.